The van der Waals surface area contributed by atoms with Gasteiger partial charge in [-0.15, -0.1) is 0 Å². The van der Waals surface area contributed by atoms with Gasteiger partial charge in [-0.05, 0) is 49.8 Å². The first kappa shape index (κ1) is 20.9. The molecule has 1 heterocycles. The van der Waals surface area contributed by atoms with E-state index >= 15 is 0 Å². The van der Waals surface area contributed by atoms with E-state index in [1.54, 1.807) is 0 Å². The minimum atomic E-state index is -0.615. The lowest BCUT2D eigenvalue weighted by Crippen LogP contribution is -2.49. The van der Waals surface area contributed by atoms with Crippen molar-refractivity contribution in [2.45, 2.75) is 71.9 Å². The van der Waals surface area contributed by atoms with Gasteiger partial charge in [0.2, 0.25) is 5.91 Å². The van der Waals surface area contributed by atoms with Gasteiger partial charge in [0, 0.05) is 12.0 Å². The van der Waals surface area contributed by atoms with Crippen LogP contribution in [0, 0.1) is 5.92 Å². The number of unbranched alkanes of at least 4 members (excludes halogenated alkanes) is 1. The lowest BCUT2D eigenvalue weighted by Gasteiger charge is -2.20. The second-order valence-corrected chi connectivity index (χ2v) is 7.60. The van der Waals surface area contributed by atoms with Crippen molar-refractivity contribution in [2.75, 3.05) is 0 Å². The summed E-state index contributed by atoms with van der Waals surface area (Å²) in [7, 11) is 0. The SMILES string of the molecule is CCCCc1ccc(C(=O)N[C@H](CC(C)C)C(=O)NC2=NO[C@@H](C)C2)cc1. The van der Waals surface area contributed by atoms with Crippen molar-refractivity contribution in [3.05, 3.63) is 35.4 Å². The highest BCUT2D eigenvalue weighted by atomic mass is 16.6. The summed E-state index contributed by atoms with van der Waals surface area (Å²) in [6.45, 7) is 8.09. The number of hydrogen-bond donors (Lipinski definition) is 2. The number of carbonyl (C=O) groups excluding carboxylic acids is 2. The molecule has 148 valence electrons. The Labute approximate surface area is 161 Å². The van der Waals surface area contributed by atoms with Crippen LogP contribution in [0.5, 0.6) is 0 Å². The van der Waals surface area contributed by atoms with E-state index in [1.807, 2.05) is 45.0 Å². The molecule has 0 aliphatic carbocycles. The molecule has 0 radical (unpaired) electrons. The standard InChI is InChI=1S/C21H31N3O3/c1-5-6-7-16-8-10-17(11-9-16)20(25)22-18(12-14(2)3)21(26)23-19-13-15(4)27-24-19/h8-11,14-15,18H,5-7,12-13H2,1-4H3,(H,22,25)(H,23,24,26)/t15-,18+/m0/s1. The van der Waals surface area contributed by atoms with Crippen molar-refractivity contribution >= 4 is 17.6 Å². The van der Waals surface area contributed by atoms with E-state index in [9.17, 15) is 9.59 Å². The number of hydrogen-bond acceptors (Lipinski definition) is 4. The smallest absolute Gasteiger partial charge is 0.251 e. The number of oxime groups is 1. The minimum Gasteiger partial charge on any atom is -0.391 e. The van der Waals surface area contributed by atoms with Crippen molar-refractivity contribution in [1.29, 1.82) is 0 Å². The third-order valence-electron chi connectivity index (χ3n) is 4.46. The van der Waals surface area contributed by atoms with Crippen LogP contribution in [0.15, 0.2) is 29.4 Å². The summed E-state index contributed by atoms with van der Waals surface area (Å²) in [5, 5.41) is 9.50. The molecule has 0 saturated carbocycles. The third-order valence-corrected chi connectivity index (χ3v) is 4.46. The molecule has 0 fully saturated rings. The molecule has 0 spiro atoms. The maximum atomic E-state index is 12.6. The summed E-state index contributed by atoms with van der Waals surface area (Å²) in [4.78, 5) is 30.3. The van der Waals surface area contributed by atoms with Gasteiger partial charge in [-0.3, -0.25) is 9.59 Å². The Kier molecular flexibility index (Phi) is 7.82. The Bertz CT molecular complexity index is 668. The predicted octanol–water partition coefficient (Wildman–Crippen LogP) is 3.41. The molecule has 27 heavy (non-hydrogen) atoms. The fourth-order valence-corrected chi connectivity index (χ4v) is 2.95. The van der Waals surface area contributed by atoms with Gasteiger partial charge in [-0.25, -0.2) is 0 Å². The molecule has 0 aromatic heterocycles. The minimum absolute atomic E-state index is 0.0373. The predicted molar refractivity (Wildman–Crippen MR) is 107 cm³/mol. The number of rotatable bonds is 8. The van der Waals surface area contributed by atoms with Crippen molar-refractivity contribution in [3.8, 4) is 0 Å². The van der Waals surface area contributed by atoms with Crippen LogP contribution in [0.2, 0.25) is 0 Å². The number of nitrogens with zero attached hydrogens (tertiary/aromatic N) is 1. The Balaban J connectivity index is 1.99. The molecule has 6 nitrogen and oxygen atoms in total. The van der Waals surface area contributed by atoms with Crippen LogP contribution < -0.4 is 10.6 Å². The van der Waals surface area contributed by atoms with E-state index in [1.165, 1.54) is 5.56 Å². The van der Waals surface area contributed by atoms with Crippen LogP contribution >= 0.6 is 0 Å². The molecule has 1 aromatic rings. The molecular formula is C21H31N3O3. The molecule has 1 aliphatic rings. The molecule has 0 bridgehead atoms. The maximum absolute atomic E-state index is 12.6. The first-order valence-electron chi connectivity index (χ1n) is 9.82. The Morgan fingerprint density at radius 3 is 2.52 bits per heavy atom. The van der Waals surface area contributed by atoms with E-state index < -0.39 is 6.04 Å². The normalized spacial score (nSPS) is 17.2. The molecule has 2 amide bonds. The summed E-state index contributed by atoms with van der Waals surface area (Å²) in [5.74, 6) is 0.276. The summed E-state index contributed by atoms with van der Waals surface area (Å²) in [5.41, 5.74) is 1.78. The lowest BCUT2D eigenvalue weighted by molar-refractivity contribution is -0.121. The first-order chi connectivity index (χ1) is 12.9. The van der Waals surface area contributed by atoms with E-state index in [0.717, 1.165) is 19.3 Å². The van der Waals surface area contributed by atoms with Gasteiger partial charge in [-0.2, -0.15) is 0 Å². The van der Waals surface area contributed by atoms with Crippen LogP contribution in [0.3, 0.4) is 0 Å². The molecule has 0 saturated heterocycles. The van der Waals surface area contributed by atoms with Crippen LogP contribution in [-0.2, 0) is 16.1 Å². The van der Waals surface area contributed by atoms with E-state index in [-0.39, 0.29) is 23.8 Å². The highest BCUT2D eigenvalue weighted by Gasteiger charge is 2.26. The van der Waals surface area contributed by atoms with Gasteiger partial charge >= 0.3 is 0 Å². The number of benzene rings is 1. The molecule has 2 N–H and O–H groups in total. The van der Waals surface area contributed by atoms with E-state index in [0.29, 0.717) is 24.2 Å². The fraction of sp³-hybridized carbons (Fsp3) is 0.571. The zero-order valence-corrected chi connectivity index (χ0v) is 16.7. The van der Waals surface area contributed by atoms with Gasteiger partial charge in [0.1, 0.15) is 12.1 Å². The summed E-state index contributed by atoms with van der Waals surface area (Å²) < 4.78 is 0. The molecule has 2 rings (SSSR count). The topological polar surface area (TPSA) is 79.8 Å². The Hall–Kier alpha value is -2.37. The Morgan fingerprint density at radius 1 is 1.26 bits per heavy atom. The molecule has 6 heteroatoms. The highest BCUT2D eigenvalue weighted by molar-refractivity contribution is 6.03. The van der Waals surface area contributed by atoms with Crippen LogP contribution in [0.1, 0.15) is 69.3 Å². The van der Waals surface area contributed by atoms with Gasteiger partial charge in [-0.1, -0.05) is 44.5 Å². The second kappa shape index (κ2) is 10.1. The zero-order valence-electron chi connectivity index (χ0n) is 16.7. The summed E-state index contributed by atoms with van der Waals surface area (Å²) in [6.07, 6.45) is 4.37. The Morgan fingerprint density at radius 2 is 1.96 bits per heavy atom. The number of carbonyl (C=O) groups is 2. The quantitative estimate of drug-likeness (QED) is 0.733. The van der Waals surface area contributed by atoms with Crippen molar-refractivity contribution < 1.29 is 14.4 Å². The summed E-state index contributed by atoms with van der Waals surface area (Å²) >= 11 is 0. The molecule has 2 atom stereocenters. The first-order valence-corrected chi connectivity index (χ1v) is 9.82. The van der Waals surface area contributed by atoms with Crippen LogP contribution in [0.25, 0.3) is 0 Å². The van der Waals surface area contributed by atoms with Crippen molar-refractivity contribution in [1.82, 2.24) is 10.6 Å². The second-order valence-electron chi connectivity index (χ2n) is 7.60. The van der Waals surface area contributed by atoms with Gasteiger partial charge in [0.25, 0.3) is 5.91 Å². The highest BCUT2D eigenvalue weighted by Crippen LogP contribution is 2.12. The third kappa shape index (κ3) is 6.70. The fourth-order valence-electron chi connectivity index (χ4n) is 2.95. The maximum Gasteiger partial charge on any atom is 0.251 e. The van der Waals surface area contributed by atoms with Crippen LogP contribution in [-0.4, -0.2) is 29.8 Å². The summed E-state index contributed by atoms with van der Waals surface area (Å²) in [6, 6.07) is 6.99. The average molecular weight is 373 g/mol. The van der Waals surface area contributed by atoms with Crippen molar-refractivity contribution in [3.63, 3.8) is 0 Å². The van der Waals surface area contributed by atoms with Gasteiger partial charge in [0.15, 0.2) is 5.84 Å². The van der Waals surface area contributed by atoms with Crippen LogP contribution in [0.4, 0.5) is 0 Å². The number of nitrogens with one attached hydrogen (secondary N) is 2. The largest absolute Gasteiger partial charge is 0.391 e. The van der Waals surface area contributed by atoms with E-state index in [4.69, 9.17) is 4.84 Å². The zero-order chi connectivity index (χ0) is 19.8. The molecular weight excluding hydrogens is 342 g/mol. The molecule has 1 aromatic carbocycles. The number of aryl methyl sites for hydroxylation is 1. The molecule has 1 aliphatic heterocycles. The number of amidine groups is 1. The van der Waals surface area contributed by atoms with Gasteiger partial charge < -0.3 is 15.5 Å². The van der Waals surface area contributed by atoms with E-state index in [2.05, 4.69) is 22.7 Å². The van der Waals surface area contributed by atoms with Crippen molar-refractivity contribution in [2.24, 2.45) is 11.1 Å². The average Bonchev–Trinajstić information content (AvgIpc) is 3.04. The monoisotopic (exact) mass is 373 g/mol. The number of amides is 2. The molecule has 0 unspecified atom stereocenters. The van der Waals surface area contributed by atoms with Gasteiger partial charge in [0.05, 0.1) is 0 Å². The lowest BCUT2D eigenvalue weighted by atomic mass is 10.0.